The third-order valence-electron chi connectivity index (χ3n) is 4.58. The quantitative estimate of drug-likeness (QED) is 0.857. The number of anilines is 1. The van der Waals surface area contributed by atoms with Gasteiger partial charge in [0.2, 0.25) is 0 Å². The molecule has 2 atom stereocenters. The summed E-state index contributed by atoms with van der Waals surface area (Å²) in [4.78, 5) is 13.2. The lowest BCUT2D eigenvalue weighted by atomic mass is 9.95. The van der Waals surface area contributed by atoms with Gasteiger partial charge in [-0.2, -0.15) is 0 Å². The number of hydrogen-bond donors (Lipinski definition) is 1. The van der Waals surface area contributed by atoms with Crippen molar-refractivity contribution in [2.45, 2.75) is 11.8 Å². The minimum Gasteiger partial charge on any atom is -0.447 e. The van der Waals surface area contributed by atoms with Gasteiger partial charge in [-0.25, -0.2) is 4.79 Å². The van der Waals surface area contributed by atoms with Crippen molar-refractivity contribution in [3.63, 3.8) is 0 Å². The van der Waals surface area contributed by atoms with Gasteiger partial charge in [0.15, 0.2) is 0 Å². The zero-order valence-electron chi connectivity index (χ0n) is 10.2. The van der Waals surface area contributed by atoms with Gasteiger partial charge in [0.1, 0.15) is 6.61 Å². The van der Waals surface area contributed by atoms with E-state index in [4.69, 9.17) is 4.74 Å². The van der Waals surface area contributed by atoms with E-state index in [0.29, 0.717) is 18.6 Å². The number of benzene rings is 1. The first kappa shape index (κ1) is 10.4. The van der Waals surface area contributed by atoms with E-state index in [1.54, 1.807) is 4.90 Å². The van der Waals surface area contributed by atoms with Gasteiger partial charge in [-0.3, -0.25) is 4.90 Å². The molecule has 94 valence electrons. The molecule has 2 unspecified atom stereocenters. The molecular formula is C14H16N2O2. The third-order valence-corrected chi connectivity index (χ3v) is 4.58. The van der Waals surface area contributed by atoms with Gasteiger partial charge in [0.05, 0.1) is 6.54 Å². The normalized spacial score (nSPS) is 33.4. The van der Waals surface area contributed by atoms with Crippen molar-refractivity contribution in [1.29, 1.82) is 0 Å². The van der Waals surface area contributed by atoms with E-state index in [-0.39, 0.29) is 6.09 Å². The van der Waals surface area contributed by atoms with Crippen molar-refractivity contribution < 1.29 is 9.53 Å². The summed E-state index contributed by atoms with van der Waals surface area (Å²) in [6.45, 7) is 3.41. The molecule has 2 aliphatic heterocycles. The summed E-state index contributed by atoms with van der Waals surface area (Å²) in [5.74, 6) is 0.820. The van der Waals surface area contributed by atoms with E-state index in [0.717, 1.165) is 24.7 Å². The predicted molar refractivity (Wildman–Crippen MR) is 67.8 cm³/mol. The lowest BCUT2D eigenvalue weighted by Gasteiger charge is -2.16. The van der Waals surface area contributed by atoms with Crippen molar-refractivity contribution in [3.8, 4) is 0 Å². The summed E-state index contributed by atoms with van der Waals surface area (Å²) in [5.41, 5.74) is 2.75. The van der Waals surface area contributed by atoms with Crippen LogP contribution in [-0.2, 0) is 10.2 Å². The summed E-state index contributed by atoms with van der Waals surface area (Å²) < 4.78 is 4.95. The molecular weight excluding hydrogens is 228 g/mol. The number of rotatable bonds is 2. The van der Waals surface area contributed by atoms with Gasteiger partial charge in [-0.05, 0) is 36.6 Å². The van der Waals surface area contributed by atoms with Gasteiger partial charge >= 0.3 is 6.09 Å². The molecule has 0 aromatic heterocycles. The van der Waals surface area contributed by atoms with Crippen LogP contribution in [0.1, 0.15) is 12.0 Å². The van der Waals surface area contributed by atoms with E-state index in [9.17, 15) is 4.79 Å². The van der Waals surface area contributed by atoms with Crippen LogP contribution in [0.5, 0.6) is 0 Å². The smallest absolute Gasteiger partial charge is 0.414 e. The Kier molecular flexibility index (Phi) is 2.01. The molecule has 18 heavy (non-hydrogen) atoms. The maximum absolute atomic E-state index is 11.5. The van der Waals surface area contributed by atoms with Crippen LogP contribution in [0.4, 0.5) is 10.5 Å². The molecule has 1 saturated carbocycles. The topological polar surface area (TPSA) is 41.6 Å². The lowest BCUT2D eigenvalue weighted by Crippen LogP contribution is -2.23. The Morgan fingerprint density at radius 3 is 2.72 bits per heavy atom. The number of nitrogens with one attached hydrogen (secondary N) is 1. The summed E-state index contributed by atoms with van der Waals surface area (Å²) in [6.07, 6.45) is 1.08. The number of amides is 1. The highest BCUT2D eigenvalue weighted by Gasteiger charge is 2.57. The average Bonchev–Trinajstić information content (AvgIpc) is 2.74. The van der Waals surface area contributed by atoms with Crippen LogP contribution in [0, 0.1) is 5.92 Å². The van der Waals surface area contributed by atoms with Gasteiger partial charge in [0, 0.05) is 17.6 Å². The van der Waals surface area contributed by atoms with Crippen molar-refractivity contribution in [3.05, 3.63) is 29.8 Å². The fraction of sp³-hybridized carbons (Fsp3) is 0.500. The molecule has 4 heteroatoms. The largest absolute Gasteiger partial charge is 0.447 e. The zero-order chi connectivity index (χ0) is 12.2. The molecule has 0 radical (unpaired) electrons. The highest BCUT2D eigenvalue weighted by Crippen LogP contribution is 2.56. The maximum atomic E-state index is 11.5. The summed E-state index contributed by atoms with van der Waals surface area (Å²) in [6, 6.07) is 8.44. The summed E-state index contributed by atoms with van der Waals surface area (Å²) >= 11 is 0. The number of carbonyl (C=O) groups excluding carboxylic acids is 1. The molecule has 3 fully saturated rings. The minimum absolute atomic E-state index is 0.229. The van der Waals surface area contributed by atoms with Gasteiger partial charge in [-0.1, -0.05) is 12.1 Å². The molecule has 1 N–H and O–H groups in total. The summed E-state index contributed by atoms with van der Waals surface area (Å²) in [7, 11) is 0. The molecule has 2 saturated heterocycles. The first-order chi connectivity index (χ1) is 8.79. The number of ether oxygens (including phenoxy) is 1. The van der Waals surface area contributed by atoms with Gasteiger partial charge in [0.25, 0.3) is 0 Å². The van der Waals surface area contributed by atoms with Gasteiger partial charge in [-0.15, -0.1) is 0 Å². The van der Waals surface area contributed by atoms with Crippen LogP contribution in [-0.4, -0.2) is 32.3 Å². The first-order valence-electron chi connectivity index (χ1n) is 6.55. The fourth-order valence-corrected chi connectivity index (χ4v) is 3.39. The molecule has 0 spiro atoms. The molecule has 4 rings (SSSR count). The number of cyclic esters (lactones) is 1. The number of nitrogens with zero attached hydrogens (tertiary/aromatic N) is 1. The van der Waals surface area contributed by atoms with E-state index in [2.05, 4.69) is 17.4 Å². The number of carbonyl (C=O) groups is 1. The Labute approximate surface area is 106 Å². The maximum Gasteiger partial charge on any atom is 0.414 e. The second-order valence-electron chi connectivity index (χ2n) is 5.50. The number of hydrogen-bond acceptors (Lipinski definition) is 3. The van der Waals surface area contributed by atoms with Gasteiger partial charge < -0.3 is 10.1 Å². The third kappa shape index (κ3) is 1.32. The standard InChI is InChI=1S/C14H16N2O2/c17-13-16(5-6-18-13)12-3-1-10(2-4-12)14-7-11(14)8-15-9-14/h1-4,11,15H,5-9H2. The first-order valence-corrected chi connectivity index (χ1v) is 6.55. The molecule has 3 aliphatic rings. The Balaban J connectivity index is 1.60. The fourth-order valence-electron chi connectivity index (χ4n) is 3.39. The van der Waals surface area contributed by atoms with Crippen LogP contribution >= 0.6 is 0 Å². The Hall–Kier alpha value is -1.55. The summed E-state index contributed by atoms with van der Waals surface area (Å²) in [5, 5.41) is 3.45. The molecule has 1 amide bonds. The second-order valence-corrected chi connectivity index (χ2v) is 5.50. The molecule has 2 heterocycles. The molecule has 4 nitrogen and oxygen atoms in total. The molecule has 1 aliphatic carbocycles. The van der Waals surface area contributed by atoms with Crippen molar-refractivity contribution in [2.75, 3.05) is 31.1 Å². The van der Waals surface area contributed by atoms with Crippen molar-refractivity contribution in [2.24, 2.45) is 5.92 Å². The average molecular weight is 244 g/mol. The highest BCUT2D eigenvalue weighted by molar-refractivity contribution is 5.89. The zero-order valence-corrected chi connectivity index (χ0v) is 10.2. The molecule has 1 aromatic rings. The van der Waals surface area contributed by atoms with Crippen LogP contribution < -0.4 is 10.2 Å². The van der Waals surface area contributed by atoms with Crippen molar-refractivity contribution >= 4 is 11.8 Å². The van der Waals surface area contributed by atoms with Crippen molar-refractivity contribution in [1.82, 2.24) is 5.32 Å². The van der Waals surface area contributed by atoms with E-state index < -0.39 is 0 Å². The minimum atomic E-state index is -0.229. The van der Waals surface area contributed by atoms with E-state index in [1.807, 2.05) is 12.1 Å². The lowest BCUT2D eigenvalue weighted by molar-refractivity contribution is 0.181. The number of piperidine rings is 1. The monoisotopic (exact) mass is 244 g/mol. The predicted octanol–water partition coefficient (Wildman–Crippen LogP) is 1.50. The van der Waals surface area contributed by atoms with Crippen LogP contribution in [0.2, 0.25) is 0 Å². The van der Waals surface area contributed by atoms with Crippen LogP contribution in [0.15, 0.2) is 24.3 Å². The van der Waals surface area contributed by atoms with Crippen LogP contribution in [0.25, 0.3) is 0 Å². The van der Waals surface area contributed by atoms with E-state index in [1.165, 1.54) is 12.0 Å². The molecule has 1 aromatic carbocycles. The number of fused-ring (bicyclic) bond motifs is 1. The Morgan fingerprint density at radius 2 is 2.17 bits per heavy atom. The Morgan fingerprint density at radius 1 is 1.33 bits per heavy atom. The Bertz CT molecular complexity index is 499. The molecule has 0 bridgehead atoms. The van der Waals surface area contributed by atoms with Crippen LogP contribution in [0.3, 0.4) is 0 Å². The van der Waals surface area contributed by atoms with E-state index >= 15 is 0 Å². The highest BCUT2D eigenvalue weighted by atomic mass is 16.6. The SMILES string of the molecule is O=C1OCCN1c1ccc(C23CNCC2C3)cc1. The second kappa shape index (κ2) is 3.48.